The van der Waals surface area contributed by atoms with Crippen LogP contribution in [0.15, 0.2) is 22.7 Å². The molecule has 102 valence electrons. The smallest absolute Gasteiger partial charge is 0.306 e. The van der Waals surface area contributed by atoms with Crippen LogP contribution in [0.4, 0.5) is 5.69 Å². The van der Waals surface area contributed by atoms with E-state index in [1.165, 1.54) is 0 Å². The normalized spacial score (nSPS) is 16.8. The molecular weight excluding hydrogens is 312 g/mol. The maximum Gasteiger partial charge on any atom is 0.306 e. The minimum absolute atomic E-state index is 0.109. The lowest BCUT2D eigenvalue weighted by Crippen LogP contribution is -2.51. The molecule has 1 fully saturated rings. The molecule has 0 aliphatic carbocycles. The Morgan fingerprint density at radius 2 is 2.11 bits per heavy atom. The van der Waals surface area contributed by atoms with Crippen molar-refractivity contribution in [1.29, 1.82) is 0 Å². The summed E-state index contributed by atoms with van der Waals surface area (Å²) in [6.07, 6.45) is 0. The Morgan fingerprint density at radius 3 is 2.63 bits per heavy atom. The van der Waals surface area contributed by atoms with Gasteiger partial charge in [0, 0.05) is 23.5 Å². The molecule has 1 unspecified atom stereocenters. The fourth-order valence-corrected chi connectivity index (χ4v) is 2.55. The molecule has 6 heteroatoms. The molecule has 1 heterocycles. The molecule has 0 radical (unpaired) electrons. The summed E-state index contributed by atoms with van der Waals surface area (Å²) in [6.45, 7) is 2.97. The number of rotatable bonds is 4. The van der Waals surface area contributed by atoms with Crippen LogP contribution in [0, 0.1) is 11.8 Å². The van der Waals surface area contributed by atoms with Crippen LogP contribution in [-0.4, -0.2) is 30.1 Å². The Kier molecular flexibility index (Phi) is 3.80. The molecule has 0 spiro atoms. The van der Waals surface area contributed by atoms with E-state index in [1.807, 2.05) is 11.0 Å². The number of benzene rings is 1. The van der Waals surface area contributed by atoms with Crippen molar-refractivity contribution in [3.05, 3.63) is 28.2 Å². The average Bonchev–Trinajstić information content (AvgIpc) is 2.26. The van der Waals surface area contributed by atoms with Crippen LogP contribution in [0.25, 0.3) is 0 Å². The second-order valence-corrected chi connectivity index (χ2v) is 5.73. The Morgan fingerprint density at radius 1 is 1.47 bits per heavy atom. The zero-order chi connectivity index (χ0) is 14.2. The number of halogens is 1. The van der Waals surface area contributed by atoms with Crippen LogP contribution < -0.4 is 10.6 Å². The summed E-state index contributed by atoms with van der Waals surface area (Å²) >= 11 is 3.36. The molecule has 1 saturated heterocycles. The summed E-state index contributed by atoms with van der Waals surface area (Å²) in [6, 6.07) is 5.28. The largest absolute Gasteiger partial charge is 0.481 e. The second-order valence-electron chi connectivity index (χ2n) is 4.82. The quantitative estimate of drug-likeness (QED) is 0.882. The third-order valence-electron chi connectivity index (χ3n) is 3.57. The number of carbonyl (C=O) groups excluding carboxylic acids is 1. The van der Waals surface area contributed by atoms with Crippen molar-refractivity contribution in [3.63, 3.8) is 0 Å². The zero-order valence-corrected chi connectivity index (χ0v) is 12.1. The van der Waals surface area contributed by atoms with Gasteiger partial charge in [0.2, 0.25) is 0 Å². The lowest BCUT2D eigenvalue weighted by atomic mass is 9.86. The Bertz CT molecular complexity index is 527. The molecule has 1 aliphatic heterocycles. The van der Waals surface area contributed by atoms with Gasteiger partial charge in [0.1, 0.15) is 0 Å². The molecule has 5 nitrogen and oxygen atoms in total. The van der Waals surface area contributed by atoms with Gasteiger partial charge in [-0.25, -0.2) is 0 Å². The fourth-order valence-electron chi connectivity index (χ4n) is 2.20. The zero-order valence-electron chi connectivity index (χ0n) is 10.5. The van der Waals surface area contributed by atoms with E-state index in [2.05, 4.69) is 15.9 Å². The van der Waals surface area contributed by atoms with Crippen LogP contribution in [0.5, 0.6) is 0 Å². The van der Waals surface area contributed by atoms with E-state index >= 15 is 0 Å². The SMILES string of the molecule is CC(C(=O)O)C1CN(c2cc(Br)ccc2C(N)=O)C1. The number of carboxylic acid groups (broad SMARTS) is 1. The van der Waals surface area contributed by atoms with Crippen molar-refractivity contribution in [2.75, 3.05) is 18.0 Å². The predicted molar refractivity (Wildman–Crippen MR) is 75.2 cm³/mol. The van der Waals surface area contributed by atoms with Crippen molar-refractivity contribution in [2.24, 2.45) is 17.6 Å². The third-order valence-corrected chi connectivity index (χ3v) is 4.07. The van der Waals surface area contributed by atoms with Gasteiger partial charge in [-0.3, -0.25) is 9.59 Å². The minimum Gasteiger partial charge on any atom is -0.481 e. The highest BCUT2D eigenvalue weighted by atomic mass is 79.9. The molecule has 19 heavy (non-hydrogen) atoms. The van der Waals surface area contributed by atoms with Crippen molar-refractivity contribution in [3.8, 4) is 0 Å². The van der Waals surface area contributed by atoms with Gasteiger partial charge in [0.15, 0.2) is 0 Å². The summed E-state index contributed by atoms with van der Waals surface area (Å²) in [4.78, 5) is 24.3. The molecule has 0 bridgehead atoms. The summed E-state index contributed by atoms with van der Waals surface area (Å²) < 4.78 is 0.863. The maximum absolute atomic E-state index is 11.4. The van der Waals surface area contributed by atoms with Crippen LogP contribution in [0.3, 0.4) is 0 Å². The summed E-state index contributed by atoms with van der Waals surface area (Å²) in [7, 11) is 0. The highest BCUT2D eigenvalue weighted by molar-refractivity contribution is 9.10. The van der Waals surface area contributed by atoms with Gasteiger partial charge in [-0.05, 0) is 18.2 Å². The minimum atomic E-state index is -0.783. The standard InChI is InChI=1S/C13H15BrN2O3/c1-7(13(18)19)8-5-16(6-8)11-4-9(14)2-3-10(11)12(15)17/h2-4,7-8H,5-6H2,1H3,(H2,15,17)(H,18,19). The van der Waals surface area contributed by atoms with E-state index < -0.39 is 11.9 Å². The number of hydrogen-bond donors (Lipinski definition) is 2. The first-order chi connectivity index (χ1) is 8.90. The number of aliphatic carboxylic acids is 1. The summed E-state index contributed by atoms with van der Waals surface area (Å²) in [5.74, 6) is -1.52. The van der Waals surface area contributed by atoms with Crippen molar-refractivity contribution in [1.82, 2.24) is 0 Å². The molecule has 1 atom stereocenters. The number of carboxylic acids is 1. The molecule has 1 aromatic carbocycles. The number of hydrogen-bond acceptors (Lipinski definition) is 3. The lowest BCUT2D eigenvalue weighted by Gasteiger charge is -2.43. The topological polar surface area (TPSA) is 83.6 Å². The first kappa shape index (κ1) is 13.9. The monoisotopic (exact) mass is 326 g/mol. The summed E-state index contributed by atoms with van der Waals surface area (Å²) in [5.41, 5.74) is 6.57. The van der Waals surface area contributed by atoms with E-state index in [4.69, 9.17) is 10.8 Å². The van der Waals surface area contributed by atoms with Gasteiger partial charge in [-0.15, -0.1) is 0 Å². The molecule has 2 rings (SSSR count). The van der Waals surface area contributed by atoms with Crippen LogP contribution in [0.2, 0.25) is 0 Å². The van der Waals surface area contributed by atoms with E-state index in [0.717, 1.165) is 10.2 Å². The Hall–Kier alpha value is -1.56. The Labute approximate surface area is 119 Å². The van der Waals surface area contributed by atoms with Crippen LogP contribution in [0.1, 0.15) is 17.3 Å². The lowest BCUT2D eigenvalue weighted by molar-refractivity contribution is -0.143. The van der Waals surface area contributed by atoms with Gasteiger partial charge >= 0.3 is 5.97 Å². The molecule has 3 N–H and O–H groups in total. The number of nitrogens with zero attached hydrogens (tertiary/aromatic N) is 1. The number of nitrogens with two attached hydrogens (primary N) is 1. The van der Waals surface area contributed by atoms with Gasteiger partial charge in [0.05, 0.1) is 17.2 Å². The molecule has 0 aromatic heterocycles. The average molecular weight is 327 g/mol. The van der Waals surface area contributed by atoms with E-state index in [9.17, 15) is 9.59 Å². The van der Waals surface area contributed by atoms with Gasteiger partial charge in [0.25, 0.3) is 5.91 Å². The summed E-state index contributed by atoms with van der Waals surface area (Å²) in [5, 5.41) is 8.96. The van der Waals surface area contributed by atoms with Crippen LogP contribution >= 0.6 is 15.9 Å². The maximum atomic E-state index is 11.4. The third kappa shape index (κ3) is 2.73. The van der Waals surface area contributed by atoms with E-state index in [1.54, 1.807) is 19.1 Å². The number of anilines is 1. The van der Waals surface area contributed by atoms with Crippen molar-refractivity contribution >= 4 is 33.5 Å². The number of carbonyl (C=O) groups is 2. The molecule has 1 amide bonds. The van der Waals surface area contributed by atoms with Crippen LogP contribution in [-0.2, 0) is 4.79 Å². The first-order valence-corrected chi connectivity index (χ1v) is 6.76. The van der Waals surface area contributed by atoms with E-state index in [-0.39, 0.29) is 11.8 Å². The van der Waals surface area contributed by atoms with Crippen molar-refractivity contribution < 1.29 is 14.7 Å². The molecular formula is C13H15BrN2O3. The first-order valence-electron chi connectivity index (χ1n) is 5.97. The van der Waals surface area contributed by atoms with Gasteiger partial charge in [-0.1, -0.05) is 22.9 Å². The van der Waals surface area contributed by atoms with Gasteiger partial charge < -0.3 is 15.7 Å². The van der Waals surface area contributed by atoms with Crippen molar-refractivity contribution in [2.45, 2.75) is 6.92 Å². The van der Waals surface area contributed by atoms with E-state index in [0.29, 0.717) is 18.7 Å². The molecule has 0 saturated carbocycles. The Balaban J connectivity index is 2.15. The highest BCUT2D eigenvalue weighted by Gasteiger charge is 2.35. The second kappa shape index (κ2) is 5.21. The molecule has 1 aliphatic rings. The molecule has 1 aromatic rings. The van der Waals surface area contributed by atoms with Gasteiger partial charge in [-0.2, -0.15) is 0 Å². The highest BCUT2D eigenvalue weighted by Crippen LogP contribution is 2.33. The predicted octanol–water partition coefficient (Wildman–Crippen LogP) is 1.70. The fraction of sp³-hybridized carbons (Fsp3) is 0.385. The number of primary amides is 1. The number of amides is 1.